The van der Waals surface area contributed by atoms with Crippen molar-refractivity contribution in [2.45, 2.75) is 13.3 Å². The van der Waals surface area contributed by atoms with E-state index in [0.29, 0.717) is 30.2 Å². The highest BCUT2D eigenvalue weighted by Gasteiger charge is 2.08. The van der Waals surface area contributed by atoms with Crippen LogP contribution in [0.1, 0.15) is 22.8 Å². The van der Waals surface area contributed by atoms with E-state index in [9.17, 15) is 4.79 Å². The molecule has 1 aromatic heterocycles. The van der Waals surface area contributed by atoms with Crippen molar-refractivity contribution in [2.24, 2.45) is 0 Å². The van der Waals surface area contributed by atoms with Crippen molar-refractivity contribution in [1.82, 2.24) is 10.3 Å². The number of nitrogens with zero attached hydrogens (tertiary/aromatic N) is 1. The minimum absolute atomic E-state index is 0.155. The quantitative estimate of drug-likeness (QED) is 0.796. The van der Waals surface area contributed by atoms with Gasteiger partial charge in [-0.25, -0.2) is 0 Å². The van der Waals surface area contributed by atoms with Crippen LogP contribution in [-0.2, 0) is 6.42 Å². The molecule has 3 N–H and O–H groups in total. The fourth-order valence-corrected chi connectivity index (χ4v) is 1.98. The van der Waals surface area contributed by atoms with E-state index in [2.05, 4.69) is 10.3 Å². The molecule has 1 heterocycles. The summed E-state index contributed by atoms with van der Waals surface area (Å²) in [4.78, 5) is 16.1. The highest BCUT2D eigenvalue weighted by molar-refractivity contribution is 5.95. The molecule has 0 bridgehead atoms. The Kier molecular flexibility index (Phi) is 5.15. The molecule has 0 unspecified atom stereocenters. The van der Waals surface area contributed by atoms with Gasteiger partial charge in [0.25, 0.3) is 5.91 Å². The fraction of sp³-hybridized carbons (Fsp3) is 0.250. The summed E-state index contributed by atoms with van der Waals surface area (Å²) in [6, 6.07) is 8.91. The number of anilines is 1. The number of nitrogen functional groups attached to an aromatic ring is 1. The van der Waals surface area contributed by atoms with Crippen LogP contribution in [0.25, 0.3) is 0 Å². The molecular weight excluding hydrogens is 266 g/mol. The van der Waals surface area contributed by atoms with E-state index in [1.54, 1.807) is 30.6 Å². The van der Waals surface area contributed by atoms with Crippen LogP contribution in [0.15, 0.2) is 42.7 Å². The van der Waals surface area contributed by atoms with Crippen molar-refractivity contribution < 1.29 is 9.53 Å². The van der Waals surface area contributed by atoms with E-state index in [1.807, 2.05) is 19.1 Å². The molecule has 0 aliphatic carbocycles. The molecule has 2 aromatic rings. The largest absolute Gasteiger partial charge is 0.494 e. The highest BCUT2D eigenvalue weighted by Crippen LogP contribution is 2.18. The molecule has 0 atom stereocenters. The summed E-state index contributed by atoms with van der Waals surface area (Å²) in [6.07, 6.45) is 4.24. The summed E-state index contributed by atoms with van der Waals surface area (Å²) in [5, 5.41) is 2.87. The maximum absolute atomic E-state index is 12.1. The van der Waals surface area contributed by atoms with Gasteiger partial charge in [-0.05, 0) is 43.2 Å². The number of amides is 1. The molecule has 0 saturated carbocycles. The fourth-order valence-electron chi connectivity index (χ4n) is 1.98. The summed E-state index contributed by atoms with van der Waals surface area (Å²) >= 11 is 0. The van der Waals surface area contributed by atoms with Crippen molar-refractivity contribution in [3.63, 3.8) is 0 Å². The van der Waals surface area contributed by atoms with Gasteiger partial charge in [-0.1, -0.05) is 0 Å². The van der Waals surface area contributed by atoms with Gasteiger partial charge in [-0.2, -0.15) is 0 Å². The van der Waals surface area contributed by atoms with Crippen LogP contribution in [0.2, 0.25) is 0 Å². The number of benzene rings is 1. The molecule has 0 radical (unpaired) electrons. The van der Waals surface area contributed by atoms with Crippen LogP contribution in [0.4, 0.5) is 5.69 Å². The van der Waals surface area contributed by atoms with Crippen molar-refractivity contribution in [1.29, 1.82) is 0 Å². The number of hydrogen-bond acceptors (Lipinski definition) is 4. The van der Waals surface area contributed by atoms with E-state index >= 15 is 0 Å². The molecule has 21 heavy (non-hydrogen) atoms. The number of nitrogens with one attached hydrogen (secondary N) is 1. The Hall–Kier alpha value is -2.56. The second-order valence-electron chi connectivity index (χ2n) is 4.59. The van der Waals surface area contributed by atoms with E-state index in [4.69, 9.17) is 10.5 Å². The van der Waals surface area contributed by atoms with Crippen LogP contribution in [-0.4, -0.2) is 24.0 Å². The first-order valence-corrected chi connectivity index (χ1v) is 6.89. The third-order valence-electron chi connectivity index (χ3n) is 2.95. The van der Waals surface area contributed by atoms with E-state index in [-0.39, 0.29) is 5.91 Å². The second-order valence-corrected chi connectivity index (χ2v) is 4.59. The van der Waals surface area contributed by atoms with Crippen LogP contribution in [0, 0.1) is 0 Å². The topological polar surface area (TPSA) is 77.2 Å². The summed E-state index contributed by atoms with van der Waals surface area (Å²) in [5.74, 6) is 0.453. The zero-order chi connectivity index (χ0) is 15.1. The van der Waals surface area contributed by atoms with Crippen molar-refractivity contribution in [2.75, 3.05) is 18.9 Å². The SMILES string of the molecule is CCOc1cc(N)cc(C(=O)NCCc2ccncc2)c1. The second kappa shape index (κ2) is 7.28. The first-order valence-electron chi connectivity index (χ1n) is 6.89. The van der Waals surface area contributed by atoms with Gasteiger partial charge in [0.1, 0.15) is 5.75 Å². The van der Waals surface area contributed by atoms with E-state index in [1.165, 1.54) is 0 Å². The molecule has 0 aliphatic heterocycles. The van der Waals surface area contributed by atoms with Gasteiger partial charge in [-0.3, -0.25) is 9.78 Å². The lowest BCUT2D eigenvalue weighted by Crippen LogP contribution is -2.25. The Bertz CT molecular complexity index is 600. The maximum Gasteiger partial charge on any atom is 0.251 e. The Labute approximate surface area is 124 Å². The number of rotatable bonds is 6. The predicted octanol–water partition coefficient (Wildman–Crippen LogP) is 2.04. The van der Waals surface area contributed by atoms with Crippen molar-refractivity contribution >= 4 is 11.6 Å². The lowest BCUT2D eigenvalue weighted by atomic mass is 10.1. The van der Waals surface area contributed by atoms with Crippen LogP contribution in [0.5, 0.6) is 5.75 Å². The molecule has 5 heteroatoms. The molecule has 0 fully saturated rings. The van der Waals surface area contributed by atoms with Crippen molar-refractivity contribution in [3.05, 3.63) is 53.9 Å². The van der Waals surface area contributed by atoms with Gasteiger partial charge < -0.3 is 15.8 Å². The van der Waals surface area contributed by atoms with Crippen LogP contribution >= 0.6 is 0 Å². The van der Waals surface area contributed by atoms with Crippen molar-refractivity contribution in [3.8, 4) is 5.75 Å². The molecule has 0 saturated heterocycles. The first-order chi connectivity index (χ1) is 10.2. The van der Waals surface area contributed by atoms with Gasteiger partial charge in [0.15, 0.2) is 0 Å². The normalized spacial score (nSPS) is 10.1. The zero-order valence-electron chi connectivity index (χ0n) is 12.0. The van der Waals surface area contributed by atoms with E-state index in [0.717, 1.165) is 12.0 Å². The van der Waals surface area contributed by atoms with E-state index < -0.39 is 0 Å². The summed E-state index contributed by atoms with van der Waals surface area (Å²) in [6.45, 7) is 2.98. The van der Waals surface area contributed by atoms with Gasteiger partial charge >= 0.3 is 0 Å². The summed E-state index contributed by atoms with van der Waals surface area (Å²) in [7, 11) is 0. The Morgan fingerprint density at radius 2 is 2.05 bits per heavy atom. The van der Waals surface area contributed by atoms with Gasteiger partial charge in [0.2, 0.25) is 0 Å². The molecule has 1 aromatic carbocycles. The molecule has 1 amide bonds. The number of hydrogen-bond donors (Lipinski definition) is 2. The molecule has 5 nitrogen and oxygen atoms in total. The summed E-state index contributed by atoms with van der Waals surface area (Å²) < 4.78 is 5.38. The predicted molar refractivity (Wildman–Crippen MR) is 82.3 cm³/mol. The number of nitrogens with two attached hydrogens (primary N) is 1. The third-order valence-corrected chi connectivity index (χ3v) is 2.95. The molecule has 110 valence electrons. The number of ether oxygens (including phenoxy) is 1. The molecule has 0 aliphatic rings. The smallest absolute Gasteiger partial charge is 0.251 e. The van der Waals surface area contributed by atoms with Crippen LogP contribution in [0.3, 0.4) is 0 Å². The van der Waals surface area contributed by atoms with Crippen LogP contribution < -0.4 is 15.8 Å². The molecular formula is C16H19N3O2. The maximum atomic E-state index is 12.1. The minimum atomic E-state index is -0.155. The lowest BCUT2D eigenvalue weighted by Gasteiger charge is -2.09. The average Bonchev–Trinajstić information content (AvgIpc) is 2.48. The average molecular weight is 285 g/mol. The summed E-state index contributed by atoms with van der Waals surface area (Å²) in [5.41, 5.74) is 7.93. The Balaban J connectivity index is 1.94. The number of aromatic nitrogens is 1. The highest BCUT2D eigenvalue weighted by atomic mass is 16.5. The number of pyridine rings is 1. The Morgan fingerprint density at radius 3 is 2.76 bits per heavy atom. The standard InChI is InChI=1S/C16H19N3O2/c1-2-21-15-10-13(9-14(17)11-15)16(20)19-8-5-12-3-6-18-7-4-12/h3-4,6-7,9-11H,2,5,8,17H2,1H3,(H,19,20). The Morgan fingerprint density at radius 1 is 1.29 bits per heavy atom. The zero-order valence-corrected chi connectivity index (χ0v) is 12.0. The van der Waals surface area contributed by atoms with Gasteiger partial charge in [0.05, 0.1) is 6.61 Å². The molecule has 2 rings (SSSR count). The van der Waals surface area contributed by atoms with Gasteiger partial charge in [0, 0.05) is 36.3 Å². The number of carbonyl (C=O) groups is 1. The monoisotopic (exact) mass is 285 g/mol. The minimum Gasteiger partial charge on any atom is -0.494 e. The molecule has 0 spiro atoms. The lowest BCUT2D eigenvalue weighted by molar-refractivity contribution is 0.0953. The first kappa shape index (κ1) is 14.8. The number of carbonyl (C=O) groups excluding carboxylic acids is 1. The van der Waals surface area contributed by atoms with Gasteiger partial charge in [-0.15, -0.1) is 0 Å². The third kappa shape index (κ3) is 4.49.